The molecule has 5 heteroatoms. The van der Waals surface area contributed by atoms with E-state index in [2.05, 4.69) is 4.98 Å². The number of H-pyrrole nitrogens is 1. The third kappa shape index (κ3) is 1.57. The van der Waals surface area contributed by atoms with Crippen molar-refractivity contribution in [2.24, 2.45) is 17.8 Å². The van der Waals surface area contributed by atoms with Gasteiger partial charge >= 0.3 is 5.69 Å². The van der Waals surface area contributed by atoms with E-state index < -0.39 is 0 Å². The fourth-order valence-electron chi connectivity index (χ4n) is 3.88. The Morgan fingerprint density at radius 2 is 2.11 bits per heavy atom. The van der Waals surface area contributed by atoms with Gasteiger partial charge in [-0.25, -0.2) is 4.79 Å². The van der Waals surface area contributed by atoms with Crippen molar-refractivity contribution < 1.29 is 5.11 Å². The first kappa shape index (κ1) is 11.7. The molecule has 2 saturated carbocycles. The smallest absolute Gasteiger partial charge is 0.328 e. The SMILES string of the molecule is Cc1cn([C@H]2[C@H]3CC[C@H](C3)[C@@H]2CO)c(=O)[nH]c1=O. The minimum absolute atomic E-state index is 0.0526. The van der Waals surface area contributed by atoms with Gasteiger partial charge in [0.1, 0.15) is 0 Å². The Balaban J connectivity index is 2.07. The number of aryl methyl sites for hydroxylation is 1. The number of rotatable bonds is 2. The molecule has 1 aromatic rings. The molecule has 3 rings (SSSR count). The van der Waals surface area contributed by atoms with E-state index in [0.717, 1.165) is 19.3 Å². The maximum Gasteiger partial charge on any atom is 0.328 e. The van der Waals surface area contributed by atoms with Crippen molar-refractivity contribution in [1.82, 2.24) is 9.55 Å². The fraction of sp³-hybridized carbons (Fsp3) is 0.692. The van der Waals surface area contributed by atoms with E-state index in [0.29, 0.717) is 17.4 Å². The van der Waals surface area contributed by atoms with Gasteiger partial charge in [0.05, 0.1) is 0 Å². The average Bonchev–Trinajstić information content (AvgIpc) is 2.93. The summed E-state index contributed by atoms with van der Waals surface area (Å²) < 4.78 is 1.64. The standard InChI is InChI=1S/C13H18N2O3/c1-7-5-15(13(18)14-12(7)17)11-9-3-2-8(4-9)10(11)6-16/h5,8-11,16H,2-4,6H2,1H3,(H,14,17,18)/t8-,9+,10+,11+/m1/s1. The lowest BCUT2D eigenvalue weighted by Crippen LogP contribution is -2.39. The summed E-state index contributed by atoms with van der Waals surface area (Å²) in [6, 6.07) is 0.0526. The lowest BCUT2D eigenvalue weighted by atomic mass is 9.85. The third-order valence-corrected chi connectivity index (χ3v) is 4.72. The Bertz CT molecular complexity index is 574. The zero-order valence-corrected chi connectivity index (χ0v) is 10.4. The second-order valence-corrected chi connectivity index (χ2v) is 5.65. The Hall–Kier alpha value is -1.36. The summed E-state index contributed by atoms with van der Waals surface area (Å²) in [5, 5.41) is 9.55. The summed E-state index contributed by atoms with van der Waals surface area (Å²) in [4.78, 5) is 25.7. The summed E-state index contributed by atoms with van der Waals surface area (Å²) in [5.41, 5.74) is -0.115. The van der Waals surface area contributed by atoms with Crippen LogP contribution >= 0.6 is 0 Å². The molecule has 0 aliphatic heterocycles. The van der Waals surface area contributed by atoms with E-state index >= 15 is 0 Å². The number of aromatic nitrogens is 2. The van der Waals surface area contributed by atoms with Crippen LogP contribution in [0.3, 0.4) is 0 Å². The molecule has 18 heavy (non-hydrogen) atoms. The first-order chi connectivity index (χ1) is 8.61. The molecule has 2 fully saturated rings. The molecule has 0 saturated heterocycles. The molecule has 2 bridgehead atoms. The molecule has 1 aromatic heterocycles. The molecule has 0 spiro atoms. The van der Waals surface area contributed by atoms with Gasteiger partial charge in [-0.15, -0.1) is 0 Å². The summed E-state index contributed by atoms with van der Waals surface area (Å²) in [5.74, 6) is 1.16. The predicted molar refractivity (Wildman–Crippen MR) is 66.5 cm³/mol. The zero-order chi connectivity index (χ0) is 12.9. The number of nitrogens with zero attached hydrogens (tertiary/aromatic N) is 1. The molecular weight excluding hydrogens is 232 g/mol. The second-order valence-electron chi connectivity index (χ2n) is 5.65. The molecule has 98 valence electrons. The van der Waals surface area contributed by atoms with Crippen molar-refractivity contribution in [1.29, 1.82) is 0 Å². The van der Waals surface area contributed by atoms with Crippen LogP contribution in [0.25, 0.3) is 0 Å². The predicted octanol–water partition coefficient (Wildman–Crippen LogP) is 0.425. The van der Waals surface area contributed by atoms with Crippen LogP contribution in [0, 0.1) is 24.7 Å². The van der Waals surface area contributed by atoms with Crippen LogP contribution in [0.4, 0.5) is 0 Å². The van der Waals surface area contributed by atoms with E-state index in [-0.39, 0.29) is 29.8 Å². The molecule has 0 amide bonds. The summed E-state index contributed by atoms with van der Waals surface area (Å²) in [6.07, 6.45) is 5.02. The molecule has 4 atom stereocenters. The van der Waals surface area contributed by atoms with E-state index in [4.69, 9.17) is 0 Å². The zero-order valence-electron chi connectivity index (χ0n) is 10.4. The number of nitrogens with one attached hydrogen (secondary N) is 1. The second kappa shape index (κ2) is 4.09. The molecule has 5 nitrogen and oxygen atoms in total. The largest absolute Gasteiger partial charge is 0.396 e. The molecule has 0 radical (unpaired) electrons. The van der Waals surface area contributed by atoms with Crippen LogP contribution in [0.1, 0.15) is 30.9 Å². The van der Waals surface area contributed by atoms with Crippen LogP contribution < -0.4 is 11.2 Å². The first-order valence-electron chi connectivity index (χ1n) is 6.54. The minimum Gasteiger partial charge on any atom is -0.396 e. The van der Waals surface area contributed by atoms with E-state index in [1.807, 2.05) is 0 Å². The summed E-state index contributed by atoms with van der Waals surface area (Å²) >= 11 is 0. The fourth-order valence-corrected chi connectivity index (χ4v) is 3.88. The van der Waals surface area contributed by atoms with Crippen LogP contribution in [-0.2, 0) is 0 Å². The summed E-state index contributed by atoms with van der Waals surface area (Å²) in [6.45, 7) is 1.83. The third-order valence-electron chi connectivity index (χ3n) is 4.72. The Labute approximate surface area is 104 Å². The Morgan fingerprint density at radius 1 is 1.39 bits per heavy atom. The van der Waals surface area contributed by atoms with E-state index in [1.54, 1.807) is 17.7 Å². The molecule has 2 N–H and O–H groups in total. The number of aromatic amines is 1. The van der Waals surface area contributed by atoms with Gasteiger partial charge in [-0.2, -0.15) is 0 Å². The van der Waals surface area contributed by atoms with E-state index in [1.165, 1.54) is 0 Å². The highest BCUT2D eigenvalue weighted by molar-refractivity contribution is 5.06. The highest BCUT2D eigenvalue weighted by Crippen LogP contribution is 2.53. The number of hydrogen-bond acceptors (Lipinski definition) is 3. The average molecular weight is 250 g/mol. The Morgan fingerprint density at radius 3 is 2.83 bits per heavy atom. The molecule has 0 unspecified atom stereocenters. The van der Waals surface area contributed by atoms with Gasteiger partial charge in [-0.3, -0.25) is 14.3 Å². The first-order valence-corrected chi connectivity index (χ1v) is 6.54. The van der Waals surface area contributed by atoms with Crippen molar-refractivity contribution in [3.63, 3.8) is 0 Å². The number of fused-ring (bicyclic) bond motifs is 2. The van der Waals surface area contributed by atoms with Gasteiger partial charge in [0.2, 0.25) is 0 Å². The topological polar surface area (TPSA) is 75.1 Å². The molecule has 2 aliphatic carbocycles. The van der Waals surface area contributed by atoms with Crippen molar-refractivity contribution in [3.05, 3.63) is 32.6 Å². The lowest BCUT2D eigenvalue weighted by molar-refractivity contribution is 0.126. The monoisotopic (exact) mass is 250 g/mol. The van der Waals surface area contributed by atoms with Crippen molar-refractivity contribution in [3.8, 4) is 0 Å². The van der Waals surface area contributed by atoms with Gasteiger partial charge < -0.3 is 5.11 Å². The maximum absolute atomic E-state index is 11.9. The minimum atomic E-state index is -0.346. The van der Waals surface area contributed by atoms with E-state index in [9.17, 15) is 14.7 Å². The van der Waals surface area contributed by atoms with Crippen LogP contribution in [0.5, 0.6) is 0 Å². The maximum atomic E-state index is 11.9. The van der Waals surface area contributed by atoms with Gasteiger partial charge in [-0.05, 0) is 38.0 Å². The van der Waals surface area contributed by atoms with Crippen molar-refractivity contribution >= 4 is 0 Å². The molecule has 1 heterocycles. The van der Waals surface area contributed by atoms with Gasteiger partial charge in [0.25, 0.3) is 5.56 Å². The quantitative estimate of drug-likeness (QED) is 0.799. The number of hydrogen-bond donors (Lipinski definition) is 2. The number of aliphatic hydroxyl groups is 1. The lowest BCUT2D eigenvalue weighted by Gasteiger charge is -2.31. The van der Waals surface area contributed by atoms with Crippen LogP contribution in [0.15, 0.2) is 15.8 Å². The van der Waals surface area contributed by atoms with Crippen molar-refractivity contribution in [2.75, 3.05) is 6.61 Å². The van der Waals surface area contributed by atoms with Crippen LogP contribution in [0.2, 0.25) is 0 Å². The highest BCUT2D eigenvalue weighted by Gasteiger charge is 2.48. The summed E-state index contributed by atoms with van der Waals surface area (Å²) in [7, 11) is 0. The van der Waals surface area contributed by atoms with Gasteiger partial charge in [0, 0.05) is 30.3 Å². The highest BCUT2D eigenvalue weighted by atomic mass is 16.3. The Kier molecular flexibility index (Phi) is 2.66. The number of aliphatic hydroxyl groups excluding tert-OH is 1. The molecule has 0 aromatic carbocycles. The molecular formula is C13H18N2O3. The van der Waals surface area contributed by atoms with Gasteiger partial charge in [-0.1, -0.05) is 0 Å². The van der Waals surface area contributed by atoms with Crippen molar-refractivity contribution in [2.45, 2.75) is 32.2 Å². The molecule has 2 aliphatic rings. The van der Waals surface area contributed by atoms with Crippen LogP contribution in [-0.4, -0.2) is 21.3 Å². The normalized spacial score (nSPS) is 34.1. The van der Waals surface area contributed by atoms with Gasteiger partial charge in [0.15, 0.2) is 0 Å².